The zero-order chi connectivity index (χ0) is 14.4. The summed E-state index contributed by atoms with van der Waals surface area (Å²) >= 11 is 6.03. The van der Waals surface area contributed by atoms with Crippen molar-refractivity contribution >= 4 is 11.6 Å². The zero-order valence-corrected chi connectivity index (χ0v) is 12.7. The van der Waals surface area contributed by atoms with Crippen molar-refractivity contribution < 1.29 is 0 Å². The van der Waals surface area contributed by atoms with Crippen molar-refractivity contribution in [3.8, 4) is 0 Å². The van der Waals surface area contributed by atoms with E-state index in [-0.39, 0.29) is 0 Å². The molecule has 2 heteroatoms. The molecule has 1 nitrogen and oxygen atoms in total. The first kappa shape index (κ1) is 15.1. The number of hydrogen-bond acceptors (Lipinski definition) is 1. The molecule has 20 heavy (non-hydrogen) atoms. The molecule has 2 N–H and O–H groups in total. The van der Waals surface area contributed by atoms with E-state index in [9.17, 15) is 0 Å². The molecule has 106 valence electrons. The molecule has 2 aromatic carbocycles. The summed E-state index contributed by atoms with van der Waals surface area (Å²) in [6.07, 6.45) is 3.09. The predicted octanol–water partition coefficient (Wildman–Crippen LogP) is 4.26. The molecule has 0 amide bonds. The van der Waals surface area contributed by atoms with Crippen molar-refractivity contribution in [1.29, 1.82) is 0 Å². The third kappa shape index (κ3) is 4.36. The first-order valence-corrected chi connectivity index (χ1v) is 7.61. The largest absolute Gasteiger partial charge is 0.330 e. The van der Waals surface area contributed by atoms with Crippen molar-refractivity contribution in [1.82, 2.24) is 0 Å². The van der Waals surface area contributed by atoms with Crippen LogP contribution in [0.4, 0.5) is 0 Å². The van der Waals surface area contributed by atoms with Crippen LogP contribution in [0.25, 0.3) is 0 Å². The van der Waals surface area contributed by atoms with E-state index in [0.717, 1.165) is 24.3 Å². The summed E-state index contributed by atoms with van der Waals surface area (Å²) < 4.78 is 0. The monoisotopic (exact) mass is 287 g/mol. The van der Waals surface area contributed by atoms with Crippen molar-refractivity contribution in [2.24, 2.45) is 11.7 Å². The van der Waals surface area contributed by atoms with Gasteiger partial charge in [-0.3, -0.25) is 0 Å². The van der Waals surface area contributed by atoms with Crippen LogP contribution in [0.3, 0.4) is 0 Å². The van der Waals surface area contributed by atoms with Gasteiger partial charge >= 0.3 is 0 Å². The Kier molecular flexibility index (Phi) is 5.63. The van der Waals surface area contributed by atoms with Crippen molar-refractivity contribution in [3.05, 3.63) is 70.2 Å². The normalized spacial score (nSPS) is 12.3. The molecule has 2 rings (SSSR count). The number of halogens is 1. The number of aryl methyl sites for hydroxylation is 1. The van der Waals surface area contributed by atoms with Crippen LogP contribution < -0.4 is 5.73 Å². The highest BCUT2D eigenvalue weighted by molar-refractivity contribution is 6.30. The SMILES string of the molecule is CCc1ccc(CC(CN)Cc2cccc(Cl)c2)cc1. The van der Waals surface area contributed by atoms with Crippen molar-refractivity contribution in [3.63, 3.8) is 0 Å². The smallest absolute Gasteiger partial charge is 0.0408 e. The summed E-state index contributed by atoms with van der Waals surface area (Å²) in [5.74, 6) is 0.459. The standard InChI is InChI=1S/C18H22ClN/c1-2-14-6-8-15(9-7-14)10-17(13-20)11-16-4-3-5-18(19)12-16/h3-9,12,17H,2,10-11,13,20H2,1H3. The molecule has 1 unspecified atom stereocenters. The summed E-state index contributed by atoms with van der Waals surface area (Å²) in [6.45, 7) is 2.87. The summed E-state index contributed by atoms with van der Waals surface area (Å²) in [5, 5.41) is 0.797. The highest BCUT2D eigenvalue weighted by Gasteiger charge is 2.09. The third-order valence-electron chi connectivity index (χ3n) is 3.70. The molecule has 0 aliphatic heterocycles. The molecule has 0 aromatic heterocycles. The van der Waals surface area contributed by atoms with Crippen LogP contribution in [0.2, 0.25) is 5.02 Å². The second-order valence-corrected chi connectivity index (χ2v) is 5.75. The molecule has 1 atom stereocenters. The average molecular weight is 288 g/mol. The maximum atomic E-state index is 6.03. The maximum absolute atomic E-state index is 6.03. The lowest BCUT2D eigenvalue weighted by Gasteiger charge is -2.15. The van der Waals surface area contributed by atoms with Gasteiger partial charge in [0, 0.05) is 5.02 Å². The van der Waals surface area contributed by atoms with Gasteiger partial charge < -0.3 is 5.73 Å². The van der Waals surface area contributed by atoms with E-state index in [4.69, 9.17) is 17.3 Å². The Balaban J connectivity index is 2.01. The molecule has 2 aromatic rings. The summed E-state index contributed by atoms with van der Waals surface area (Å²) in [6, 6.07) is 16.9. The van der Waals surface area contributed by atoms with E-state index in [1.807, 2.05) is 18.2 Å². The van der Waals surface area contributed by atoms with Gasteiger partial charge in [-0.05, 0) is 60.5 Å². The van der Waals surface area contributed by atoms with E-state index in [1.165, 1.54) is 16.7 Å². The average Bonchev–Trinajstić information content (AvgIpc) is 2.47. The van der Waals surface area contributed by atoms with Crippen LogP contribution in [0.5, 0.6) is 0 Å². The molecule has 0 aliphatic carbocycles. The third-order valence-corrected chi connectivity index (χ3v) is 3.94. The predicted molar refractivity (Wildman–Crippen MR) is 87.2 cm³/mol. The molecule has 0 aliphatic rings. The lowest BCUT2D eigenvalue weighted by molar-refractivity contribution is 0.533. The van der Waals surface area contributed by atoms with Gasteiger partial charge in [-0.1, -0.05) is 54.9 Å². The fourth-order valence-electron chi connectivity index (χ4n) is 2.48. The fourth-order valence-corrected chi connectivity index (χ4v) is 2.69. The van der Waals surface area contributed by atoms with E-state index in [0.29, 0.717) is 12.5 Å². The second kappa shape index (κ2) is 7.47. The molecule has 0 radical (unpaired) electrons. The van der Waals surface area contributed by atoms with Gasteiger partial charge in [0.25, 0.3) is 0 Å². The van der Waals surface area contributed by atoms with E-state index >= 15 is 0 Å². The van der Waals surface area contributed by atoms with Gasteiger partial charge in [0.05, 0.1) is 0 Å². The Morgan fingerprint density at radius 2 is 1.60 bits per heavy atom. The molecular weight excluding hydrogens is 266 g/mol. The Morgan fingerprint density at radius 1 is 0.950 bits per heavy atom. The Hall–Kier alpha value is -1.31. The van der Waals surface area contributed by atoms with E-state index in [1.54, 1.807) is 0 Å². The minimum absolute atomic E-state index is 0.459. The lowest BCUT2D eigenvalue weighted by Crippen LogP contribution is -2.19. The van der Waals surface area contributed by atoms with Gasteiger partial charge in [-0.25, -0.2) is 0 Å². The highest BCUT2D eigenvalue weighted by atomic mass is 35.5. The topological polar surface area (TPSA) is 26.0 Å². The fraction of sp³-hybridized carbons (Fsp3) is 0.333. The number of hydrogen-bond donors (Lipinski definition) is 1. The van der Waals surface area contributed by atoms with Gasteiger partial charge in [0.1, 0.15) is 0 Å². The Bertz CT molecular complexity index is 533. The molecule has 0 heterocycles. The molecule has 0 spiro atoms. The van der Waals surface area contributed by atoms with E-state index in [2.05, 4.69) is 37.3 Å². The van der Waals surface area contributed by atoms with Gasteiger partial charge in [-0.15, -0.1) is 0 Å². The molecule has 0 saturated heterocycles. The van der Waals surface area contributed by atoms with Crippen LogP contribution in [0, 0.1) is 5.92 Å². The lowest BCUT2D eigenvalue weighted by atomic mass is 9.92. The Labute approximate surface area is 126 Å². The van der Waals surface area contributed by atoms with Gasteiger partial charge in [0.2, 0.25) is 0 Å². The van der Waals surface area contributed by atoms with Crippen molar-refractivity contribution in [2.45, 2.75) is 26.2 Å². The van der Waals surface area contributed by atoms with Crippen LogP contribution in [-0.2, 0) is 19.3 Å². The molecule has 0 saturated carbocycles. The van der Waals surface area contributed by atoms with Crippen molar-refractivity contribution in [2.75, 3.05) is 6.54 Å². The quantitative estimate of drug-likeness (QED) is 0.844. The highest BCUT2D eigenvalue weighted by Crippen LogP contribution is 2.17. The summed E-state index contributed by atoms with van der Waals surface area (Å²) in [5.41, 5.74) is 9.93. The number of rotatable bonds is 6. The second-order valence-electron chi connectivity index (χ2n) is 5.31. The molecule has 0 fully saturated rings. The Morgan fingerprint density at radius 3 is 2.20 bits per heavy atom. The summed E-state index contributed by atoms with van der Waals surface area (Å²) in [4.78, 5) is 0. The first-order chi connectivity index (χ1) is 9.71. The van der Waals surface area contributed by atoms with Gasteiger partial charge in [0.15, 0.2) is 0 Å². The van der Waals surface area contributed by atoms with Crippen LogP contribution in [0.15, 0.2) is 48.5 Å². The minimum Gasteiger partial charge on any atom is -0.330 e. The number of nitrogens with two attached hydrogens (primary N) is 1. The first-order valence-electron chi connectivity index (χ1n) is 7.23. The maximum Gasteiger partial charge on any atom is 0.0408 e. The van der Waals surface area contributed by atoms with Crippen LogP contribution in [0.1, 0.15) is 23.6 Å². The van der Waals surface area contributed by atoms with Crippen LogP contribution >= 0.6 is 11.6 Å². The van der Waals surface area contributed by atoms with Gasteiger partial charge in [-0.2, -0.15) is 0 Å². The number of benzene rings is 2. The van der Waals surface area contributed by atoms with Crippen LogP contribution in [-0.4, -0.2) is 6.54 Å². The molecular formula is C18H22ClN. The zero-order valence-electron chi connectivity index (χ0n) is 12.0. The molecule has 0 bridgehead atoms. The minimum atomic E-state index is 0.459. The van der Waals surface area contributed by atoms with E-state index < -0.39 is 0 Å². The summed E-state index contributed by atoms with van der Waals surface area (Å²) in [7, 11) is 0.